The molecule has 3 amide bonds. The first-order valence-corrected chi connectivity index (χ1v) is 11.3. The third-order valence-corrected chi connectivity index (χ3v) is 6.02. The number of urea groups is 1. The minimum absolute atomic E-state index is 0.199. The average Bonchev–Trinajstić information content (AvgIpc) is 3.47. The summed E-state index contributed by atoms with van der Waals surface area (Å²) in [6.45, 7) is 1.45. The number of likely N-dealkylation sites (tertiary alicyclic amines) is 1. The molecule has 0 radical (unpaired) electrons. The zero-order valence-corrected chi connectivity index (χ0v) is 18.0. The predicted octanol–water partition coefficient (Wildman–Crippen LogP) is 3.48. The van der Waals surface area contributed by atoms with Gasteiger partial charge in [0.25, 0.3) is 0 Å². The zero-order valence-electron chi connectivity index (χ0n) is 17.2. The van der Waals surface area contributed by atoms with E-state index < -0.39 is 6.04 Å². The van der Waals surface area contributed by atoms with Crippen molar-refractivity contribution in [2.45, 2.75) is 31.7 Å². The van der Waals surface area contributed by atoms with Crippen LogP contribution in [-0.2, 0) is 17.6 Å². The Morgan fingerprint density at radius 3 is 2.26 bits per heavy atom. The van der Waals surface area contributed by atoms with Gasteiger partial charge in [0.2, 0.25) is 11.0 Å². The summed E-state index contributed by atoms with van der Waals surface area (Å²) in [6, 6.07) is 18.8. The van der Waals surface area contributed by atoms with E-state index in [2.05, 4.69) is 20.8 Å². The van der Waals surface area contributed by atoms with E-state index in [-0.39, 0.29) is 11.9 Å². The lowest BCUT2D eigenvalue weighted by Gasteiger charge is -2.22. The van der Waals surface area contributed by atoms with E-state index in [9.17, 15) is 9.59 Å². The second-order valence-electron chi connectivity index (χ2n) is 7.54. The van der Waals surface area contributed by atoms with Gasteiger partial charge in [-0.05, 0) is 24.0 Å². The van der Waals surface area contributed by atoms with Crippen LogP contribution < -0.4 is 10.6 Å². The number of benzene rings is 2. The van der Waals surface area contributed by atoms with Crippen molar-refractivity contribution >= 4 is 28.4 Å². The highest BCUT2D eigenvalue weighted by molar-refractivity contribution is 7.15. The number of rotatable bonds is 7. The summed E-state index contributed by atoms with van der Waals surface area (Å²) in [5.41, 5.74) is 2.11. The van der Waals surface area contributed by atoms with Crippen molar-refractivity contribution in [1.82, 2.24) is 20.4 Å². The van der Waals surface area contributed by atoms with Gasteiger partial charge in [-0.15, -0.1) is 10.2 Å². The van der Waals surface area contributed by atoms with E-state index in [1.165, 1.54) is 11.3 Å². The van der Waals surface area contributed by atoms with Crippen molar-refractivity contribution in [1.29, 1.82) is 0 Å². The summed E-state index contributed by atoms with van der Waals surface area (Å²) in [6.07, 6.45) is 3.06. The maximum Gasteiger partial charge on any atom is 0.318 e. The van der Waals surface area contributed by atoms with Gasteiger partial charge < -0.3 is 10.2 Å². The quantitative estimate of drug-likeness (QED) is 0.595. The van der Waals surface area contributed by atoms with Crippen LogP contribution in [0.25, 0.3) is 0 Å². The Balaban J connectivity index is 1.43. The lowest BCUT2D eigenvalue weighted by Crippen LogP contribution is -2.49. The molecule has 1 aliphatic rings. The number of carbonyl (C=O) groups excluding carboxylic acids is 2. The molecule has 3 aromatic rings. The number of nitrogens with one attached hydrogen (secondary N) is 2. The van der Waals surface area contributed by atoms with Crippen molar-refractivity contribution in [3.8, 4) is 0 Å². The van der Waals surface area contributed by atoms with E-state index in [0.29, 0.717) is 18.0 Å². The molecule has 1 aliphatic heterocycles. The van der Waals surface area contributed by atoms with Gasteiger partial charge in [-0.1, -0.05) is 72.0 Å². The van der Waals surface area contributed by atoms with Crippen molar-refractivity contribution in [2.75, 3.05) is 18.4 Å². The second-order valence-corrected chi connectivity index (χ2v) is 8.60. The molecule has 2 aromatic carbocycles. The first-order chi connectivity index (χ1) is 15.2. The van der Waals surface area contributed by atoms with E-state index in [1.807, 2.05) is 60.7 Å². The van der Waals surface area contributed by atoms with E-state index in [0.717, 1.165) is 42.1 Å². The van der Waals surface area contributed by atoms with Crippen LogP contribution in [0.1, 0.15) is 29.0 Å². The number of aromatic nitrogens is 2. The first kappa shape index (κ1) is 21.0. The Bertz CT molecular complexity index is 1000. The number of hydrogen-bond acceptors (Lipinski definition) is 5. The number of amides is 3. The number of nitrogens with zero attached hydrogens (tertiary/aromatic N) is 3. The highest BCUT2D eigenvalue weighted by Gasteiger charge is 2.26. The zero-order chi connectivity index (χ0) is 21.5. The summed E-state index contributed by atoms with van der Waals surface area (Å²) in [7, 11) is 0. The van der Waals surface area contributed by atoms with Crippen LogP contribution >= 0.6 is 11.3 Å². The Kier molecular flexibility index (Phi) is 6.89. The Morgan fingerprint density at radius 2 is 1.58 bits per heavy atom. The summed E-state index contributed by atoms with van der Waals surface area (Å²) >= 11 is 1.35. The monoisotopic (exact) mass is 435 g/mol. The topological polar surface area (TPSA) is 87.2 Å². The van der Waals surface area contributed by atoms with Gasteiger partial charge in [-0.25, -0.2) is 4.79 Å². The summed E-state index contributed by atoms with van der Waals surface area (Å²) in [5, 5.41) is 15.3. The van der Waals surface area contributed by atoms with Crippen LogP contribution in [0.15, 0.2) is 60.7 Å². The summed E-state index contributed by atoms with van der Waals surface area (Å²) in [5.74, 6) is -0.293. The summed E-state index contributed by atoms with van der Waals surface area (Å²) in [4.78, 5) is 27.4. The van der Waals surface area contributed by atoms with Gasteiger partial charge >= 0.3 is 6.03 Å². The number of carbonyl (C=O) groups is 2. The van der Waals surface area contributed by atoms with Gasteiger partial charge in [0.15, 0.2) is 0 Å². The first-order valence-electron chi connectivity index (χ1n) is 10.4. The van der Waals surface area contributed by atoms with Crippen LogP contribution in [0.2, 0.25) is 0 Å². The van der Waals surface area contributed by atoms with Crippen molar-refractivity contribution in [3.63, 3.8) is 0 Å². The molecule has 0 aliphatic carbocycles. The molecule has 1 saturated heterocycles. The molecular formula is C23H25N5O2S. The molecule has 7 nitrogen and oxygen atoms in total. The minimum atomic E-state index is -0.697. The average molecular weight is 436 g/mol. The molecule has 31 heavy (non-hydrogen) atoms. The molecule has 4 rings (SSSR count). The number of hydrogen-bond donors (Lipinski definition) is 2. The van der Waals surface area contributed by atoms with Crippen LogP contribution in [-0.4, -0.2) is 46.2 Å². The lowest BCUT2D eigenvalue weighted by molar-refractivity contribution is -0.118. The standard InChI is InChI=1S/C23H25N5O2S/c29-21(25-22-27-26-20(31-22)16-18-11-5-2-6-12-18)19(15-17-9-3-1-4-10-17)24-23(30)28-13-7-8-14-28/h1-6,9-12,19H,7-8,13-16H2,(H,24,30)(H,25,27,29)/t19-/m0/s1. The molecule has 0 unspecified atom stereocenters. The Morgan fingerprint density at radius 1 is 0.935 bits per heavy atom. The second kappa shape index (κ2) is 10.2. The molecule has 8 heteroatoms. The fraction of sp³-hybridized carbons (Fsp3) is 0.304. The van der Waals surface area contributed by atoms with Crippen LogP contribution in [0.3, 0.4) is 0 Å². The molecule has 1 aromatic heterocycles. The van der Waals surface area contributed by atoms with E-state index in [4.69, 9.17) is 0 Å². The highest BCUT2D eigenvalue weighted by Crippen LogP contribution is 2.19. The maximum absolute atomic E-state index is 13.0. The minimum Gasteiger partial charge on any atom is -0.326 e. The molecule has 1 fully saturated rings. The van der Waals surface area contributed by atoms with Crippen molar-refractivity contribution < 1.29 is 9.59 Å². The molecule has 2 heterocycles. The van der Waals surface area contributed by atoms with Crippen LogP contribution in [0.4, 0.5) is 9.93 Å². The fourth-order valence-electron chi connectivity index (χ4n) is 3.56. The third-order valence-electron chi connectivity index (χ3n) is 5.19. The Labute approximate surface area is 185 Å². The predicted molar refractivity (Wildman–Crippen MR) is 121 cm³/mol. The fourth-order valence-corrected chi connectivity index (χ4v) is 4.34. The van der Waals surface area contributed by atoms with Gasteiger partial charge in [-0.2, -0.15) is 0 Å². The maximum atomic E-state index is 13.0. The lowest BCUT2D eigenvalue weighted by atomic mass is 10.1. The number of anilines is 1. The molecule has 0 spiro atoms. The third kappa shape index (κ3) is 5.88. The van der Waals surface area contributed by atoms with Gasteiger partial charge in [0.1, 0.15) is 11.0 Å². The van der Waals surface area contributed by atoms with Crippen molar-refractivity contribution in [3.05, 3.63) is 76.8 Å². The normalized spacial score (nSPS) is 14.3. The Hall–Kier alpha value is -3.26. The molecule has 0 bridgehead atoms. The van der Waals surface area contributed by atoms with Gasteiger partial charge in [-0.3, -0.25) is 10.1 Å². The summed E-state index contributed by atoms with van der Waals surface area (Å²) < 4.78 is 0. The molecule has 0 saturated carbocycles. The molecule has 160 valence electrons. The van der Waals surface area contributed by atoms with E-state index >= 15 is 0 Å². The van der Waals surface area contributed by atoms with Crippen LogP contribution in [0, 0.1) is 0 Å². The molecular weight excluding hydrogens is 410 g/mol. The molecule has 2 N–H and O–H groups in total. The smallest absolute Gasteiger partial charge is 0.318 e. The van der Waals surface area contributed by atoms with Gasteiger partial charge in [0.05, 0.1) is 0 Å². The highest BCUT2D eigenvalue weighted by atomic mass is 32.1. The molecule has 1 atom stereocenters. The van der Waals surface area contributed by atoms with Crippen molar-refractivity contribution in [2.24, 2.45) is 0 Å². The SMILES string of the molecule is O=C(Nc1nnc(Cc2ccccc2)s1)[C@H](Cc1ccccc1)NC(=O)N1CCCC1. The largest absolute Gasteiger partial charge is 0.326 e. The van der Waals surface area contributed by atoms with Crippen LogP contribution in [0.5, 0.6) is 0 Å². The van der Waals surface area contributed by atoms with E-state index in [1.54, 1.807) is 4.90 Å². The van der Waals surface area contributed by atoms with Gasteiger partial charge in [0, 0.05) is 25.9 Å².